The van der Waals surface area contributed by atoms with Crippen molar-refractivity contribution in [2.24, 2.45) is 0 Å². The van der Waals surface area contributed by atoms with Gasteiger partial charge in [-0.2, -0.15) is 0 Å². The molecule has 0 spiro atoms. The monoisotopic (exact) mass is 263 g/mol. The van der Waals surface area contributed by atoms with Crippen molar-refractivity contribution in [1.29, 1.82) is 0 Å². The van der Waals surface area contributed by atoms with Crippen molar-refractivity contribution < 1.29 is 4.79 Å². The molecule has 0 aliphatic rings. The Morgan fingerprint density at radius 3 is 2.30 bits per heavy atom. The predicted octanol–water partition coefficient (Wildman–Crippen LogP) is 3.12. The van der Waals surface area contributed by atoms with Crippen molar-refractivity contribution in [3.8, 4) is 5.69 Å². The first kappa shape index (κ1) is 12.2. The Bertz CT molecular complexity index is 705. The van der Waals surface area contributed by atoms with Gasteiger partial charge in [0.15, 0.2) is 0 Å². The summed E-state index contributed by atoms with van der Waals surface area (Å²) in [5.74, 6) is -0.217. The Kier molecular flexibility index (Phi) is 3.29. The van der Waals surface area contributed by atoms with Crippen LogP contribution in [0.25, 0.3) is 5.69 Å². The summed E-state index contributed by atoms with van der Waals surface area (Å²) in [6.45, 7) is 0. The minimum Gasteiger partial charge on any atom is -0.321 e. The first-order valence-electron chi connectivity index (χ1n) is 6.29. The molecule has 0 atom stereocenters. The Balaban J connectivity index is 1.79. The fourth-order valence-corrected chi connectivity index (χ4v) is 1.90. The van der Waals surface area contributed by atoms with Crippen molar-refractivity contribution in [1.82, 2.24) is 9.55 Å². The highest BCUT2D eigenvalue weighted by Crippen LogP contribution is 2.10. The zero-order valence-electron chi connectivity index (χ0n) is 10.7. The standard InChI is InChI=1S/C16H13N3O/c20-16(18-13-7-3-1-4-8-13)15-11-19(12-17-15)14-9-5-2-6-10-14/h1-12H,(H,18,20). The average molecular weight is 263 g/mol. The lowest BCUT2D eigenvalue weighted by atomic mass is 10.3. The number of benzene rings is 2. The molecule has 0 unspecified atom stereocenters. The molecule has 3 aromatic rings. The minimum atomic E-state index is -0.217. The molecule has 0 aliphatic carbocycles. The number of anilines is 1. The Morgan fingerprint density at radius 1 is 0.950 bits per heavy atom. The molecule has 1 N–H and O–H groups in total. The number of amides is 1. The van der Waals surface area contributed by atoms with Gasteiger partial charge < -0.3 is 9.88 Å². The molecule has 1 heterocycles. The first-order valence-corrected chi connectivity index (χ1v) is 6.29. The van der Waals surface area contributed by atoms with Crippen LogP contribution in [0.1, 0.15) is 10.5 Å². The van der Waals surface area contributed by atoms with Gasteiger partial charge in [0.25, 0.3) is 5.91 Å². The third-order valence-electron chi connectivity index (χ3n) is 2.90. The molecule has 1 amide bonds. The Morgan fingerprint density at radius 2 is 1.60 bits per heavy atom. The largest absolute Gasteiger partial charge is 0.321 e. The molecule has 0 bridgehead atoms. The predicted molar refractivity (Wildman–Crippen MR) is 78.0 cm³/mol. The van der Waals surface area contributed by atoms with E-state index in [1.807, 2.05) is 65.2 Å². The first-order chi connectivity index (χ1) is 9.83. The van der Waals surface area contributed by atoms with Crippen LogP contribution in [0, 0.1) is 0 Å². The van der Waals surface area contributed by atoms with E-state index in [1.54, 1.807) is 12.5 Å². The number of carbonyl (C=O) groups excluding carboxylic acids is 1. The van der Waals surface area contributed by atoms with Gasteiger partial charge in [0, 0.05) is 17.6 Å². The summed E-state index contributed by atoms with van der Waals surface area (Å²) in [7, 11) is 0. The topological polar surface area (TPSA) is 46.9 Å². The number of hydrogen-bond donors (Lipinski definition) is 1. The van der Waals surface area contributed by atoms with Crippen LogP contribution in [0.2, 0.25) is 0 Å². The quantitative estimate of drug-likeness (QED) is 0.789. The number of nitrogens with zero attached hydrogens (tertiary/aromatic N) is 2. The second kappa shape index (κ2) is 5.40. The molecule has 0 radical (unpaired) electrons. The van der Waals surface area contributed by atoms with Crippen molar-refractivity contribution in [3.63, 3.8) is 0 Å². The number of imidazole rings is 1. The van der Waals surface area contributed by atoms with Crippen molar-refractivity contribution >= 4 is 11.6 Å². The van der Waals surface area contributed by atoms with Gasteiger partial charge in [-0.05, 0) is 24.3 Å². The zero-order valence-corrected chi connectivity index (χ0v) is 10.7. The van der Waals surface area contributed by atoms with Gasteiger partial charge in [0.05, 0.1) is 0 Å². The highest BCUT2D eigenvalue weighted by Gasteiger charge is 2.09. The van der Waals surface area contributed by atoms with Crippen molar-refractivity contribution in [3.05, 3.63) is 78.9 Å². The summed E-state index contributed by atoms with van der Waals surface area (Å²) in [4.78, 5) is 16.2. The van der Waals surface area contributed by atoms with Crippen LogP contribution in [0.3, 0.4) is 0 Å². The van der Waals surface area contributed by atoms with E-state index in [4.69, 9.17) is 0 Å². The van der Waals surface area contributed by atoms with Gasteiger partial charge in [-0.15, -0.1) is 0 Å². The number of hydrogen-bond acceptors (Lipinski definition) is 2. The second-order valence-corrected chi connectivity index (χ2v) is 4.32. The summed E-state index contributed by atoms with van der Waals surface area (Å²) < 4.78 is 1.82. The molecule has 98 valence electrons. The molecule has 0 saturated heterocycles. The van der Waals surface area contributed by atoms with Gasteiger partial charge in [-0.3, -0.25) is 4.79 Å². The summed E-state index contributed by atoms with van der Waals surface area (Å²) in [6.07, 6.45) is 3.35. The molecule has 4 nitrogen and oxygen atoms in total. The third-order valence-corrected chi connectivity index (χ3v) is 2.90. The van der Waals surface area contributed by atoms with Crippen LogP contribution >= 0.6 is 0 Å². The average Bonchev–Trinajstić information content (AvgIpc) is 2.99. The maximum Gasteiger partial charge on any atom is 0.275 e. The molecule has 4 heteroatoms. The fourth-order valence-electron chi connectivity index (χ4n) is 1.90. The number of aromatic nitrogens is 2. The van der Waals surface area contributed by atoms with E-state index in [2.05, 4.69) is 10.3 Å². The van der Waals surface area contributed by atoms with Crippen LogP contribution in [0.5, 0.6) is 0 Å². The van der Waals surface area contributed by atoms with Crippen molar-refractivity contribution in [2.75, 3.05) is 5.32 Å². The van der Waals surface area contributed by atoms with E-state index >= 15 is 0 Å². The molecule has 1 aromatic heterocycles. The van der Waals surface area contributed by atoms with E-state index in [9.17, 15) is 4.79 Å². The van der Waals surface area contributed by atoms with Gasteiger partial charge in [-0.1, -0.05) is 36.4 Å². The number of para-hydroxylation sites is 2. The highest BCUT2D eigenvalue weighted by molar-refractivity contribution is 6.02. The van der Waals surface area contributed by atoms with E-state index in [1.165, 1.54) is 0 Å². The van der Waals surface area contributed by atoms with Crippen LogP contribution in [0.15, 0.2) is 73.2 Å². The third kappa shape index (κ3) is 2.59. The summed E-state index contributed by atoms with van der Waals surface area (Å²) >= 11 is 0. The fraction of sp³-hybridized carbons (Fsp3) is 0. The van der Waals surface area contributed by atoms with Crippen LogP contribution < -0.4 is 5.32 Å². The van der Waals surface area contributed by atoms with E-state index in [0.29, 0.717) is 5.69 Å². The summed E-state index contributed by atoms with van der Waals surface area (Å²) in [6, 6.07) is 19.1. The number of carbonyl (C=O) groups is 1. The highest BCUT2D eigenvalue weighted by atomic mass is 16.1. The van der Waals surface area contributed by atoms with E-state index in [0.717, 1.165) is 11.4 Å². The lowest BCUT2D eigenvalue weighted by Crippen LogP contribution is -2.12. The Labute approximate surface area is 116 Å². The molecular weight excluding hydrogens is 250 g/mol. The van der Waals surface area contributed by atoms with Gasteiger partial charge in [-0.25, -0.2) is 4.98 Å². The lowest BCUT2D eigenvalue weighted by molar-refractivity contribution is 0.102. The van der Waals surface area contributed by atoms with Crippen LogP contribution in [0.4, 0.5) is 5.69 Å². The second-order valence-electron chi connectivity index (χ2n) is 4.32. The molecule has 3 rings (SSSR count). The molecule has 2 aromatic carbocycles. The maximum absolute atomic E-state index is 12.1. The normalized spacial score (nSPS) is 10.2. The SMILES string of the molecule is O=C(Nc1ccccc1)c1cn(-c2ccccc2)cn1. The minimum absolute atomic E-state index is 0.217. The van der Waals surface area contributed by atoms with Crippen LogP contribution in [-0.2, 0) is 0 Å². The van der Waals surface area contributed by atoms with E-state index in [-0.39, 0.29) is 5.91 Å². The van der Waals surface area contributed by atoms with Crippen molar-refractivity contribution in [2.45, 2.75) is 0 Å². The van der Waals surface area contributed by atoms with E-state index < -0.39 is 0 Å². The maximum atomic E-state index is 12.1. The Hall–Kier alpha value is -2.88. The number of rotatable bonds is 3. The molecule has 0 fully saturated rings. The summed E-state index contributed by atoms with van der Waals surface area (Å²) in [5.41, 5.74) is 2.11. The lowest BCUT2D eigenvalue weighted by Gasteiger charge is -2.02. The van der Waals surface area contributed by atoms with Gasteiger partial charge in [0.1, 0.15) is 12.0 Å². The molecular formula is C16H13N3O. The van der Waals surface area contributed by atoms with Gasteiger partial charge >= 0.3 is 0 Å². The molecule has 0 saturated carbocycles. The summed E-state index contributed by atoms with van der Waals surface area (Å²) in [5, 5.41) is 2.81. The molecule has 20 heavy (non-hydrogen) atoms. The zero-order chi connectivity index (χ0) is 13.8. The number of nitrogens with one attached hydrogen (secondary N) is 1. The van der Waals surface area contributed by atoms with Crippen LogP contribution in [-0.4, -0.2) is 15.5 Å². The van der Waals surface area contributed by atoms with Gasteiger partial charge in [0.2, 0.25) is 0 Å². The molecule has 0 aliphatic heterocycles. The smallest absolute Gasteiger partial charge is 0.275 e.